The van der Waals surface area contributed by atoms with Crippen molar-refractivity contribution in [3.63, 3.8) is 0 Å². The predicted octanol–water partition coefficient (Wildman–Crippen LogP) is 3.24. The molecule has 0 spiro atoms. The van der Waals surface area contributed by atoms with E-state index < -0.39 is 22.5 Å². The Morgan fingerprint density at radius 2 is 1.76 bits per heavy atom. The van der Waals surface area contributed by atoms with Crippen molar-refractivity contribution in [2.75, 3.05) is 50.9 Å². The van der Waals surface area contributed by atoms with Crippen LogP contribution in [0.4, 0.5) is 5.69 Å². The number of carbonyl (C=O) groups is 2. The third-order valence-electron chi connectivity index (χ3n) is 6.33. The summed E-state index contributed by atoms with van der Waals surface area (Å²) in [6.07, 6.45) is 1.41. The van der Waals surface area contributed by atoms with Crippen molar-refractivity contribution in [2.24, 2.45) is 5.10 Å². The molecule has 1 N–H and O–H groups in total. The van der Waals surface area contributed by atoms with Gasteiger partial charge in [-0.05, 0) is 67.1 Å². The van der Waals surface area contributed by atoms with Gasteiger partial charge in [0.15, 0.2) is 6.61 Å². The van der Waals surface area contributed by atoms with Crippen LogP contribution in [0.1, 0.15) is 11.1 Å². The standard InChI is InChI=1S/C29H31ClN4O7S/c1-21-3-10-25(11-4-21)42(37,38)34(23-7-12-27(39-2)26(30)17-23)19-28(35)32-31-18-22-5-8-24(9-6-22)41-20-29(36)33-13-15-40-16-14-33/h3-12,17-18H,13-16,19-20H2,1-2H3,(H,32,35)/b31-18-. The molecule has 1 heterocycles. The van der Waals surface area contributed by atoms with E-state index in [4.69, 9.17) is 25.8 Å². The molecule has 1 saturated heterocycles. The quantitative estimate of drug-likeness (QED) is 0.259. The van der Waals surface area contributed by atoms with Gasteiger partial charge in [0.25, 0.3) is 21.8 Å². The average Bonchev–Trinajstić information content (AvgIpc) is 3.00. The molecule has 42 heavy (non-hydrogen) atoms. The van der Waals surface area contributed by atoms with Crippen molar-refractivity contribution in [3.8, 4) is 11.5 Å². The van der Waals surface area contributed by atoms with Gasteiger partial charge in [-0.2, -0.15) is 5.10 Å². The number of nitrogens with one attached hydrogen (secondary N) is 1. The number of sulfonamides is 1. The molecule has 3 aromatic rings. The van der Waals surface area contributed by atoms with Crippen molar-refractivity contribution in [1.82, 2.24) is 10.3 Å². The van der Waals surface area contributed by atoms with Gasteiger partial charge in [-0.25, -0.2) is 13.8 Å². The number of amides is 2. The molecule has 0 aliphatic carbocycles. The molecule has 3 aromatic carbocycles. The monoisotopic (exact) mass is 614 g/mol. The molecule has 13 heteroatoms. The Morgan fingerprint density at radius 3 is 2.40 bits per heavy atom. The fraction of sp³-hybridized carbons (Fsp3) is 0.276. The van der Waals surface area contributed by atoms with Crippen LogP contribution < -0.4 is 19.2 Å². The van der Waals surface area contributed by atoms with Crippen molar-refractivity contribution in [1.29, 1.82) is 0 Å². The molecule has 1 fully saturated rings. The number of morpholine rings is 1. The third-order valence-corrected chi connectivity index (χ3v) is 8.41. The van der Waals surface area contributed by atoms with Crippen LogP contribution in [0.3, 0.4) is 0 Å². The van der Waals surface area contributed by atoms with E-state index in [0.29, 0.717) is 43.4 Å². The normalized spacial score (nSPS) is 13.5. The topological polar surface area (TPSA) is 127 Å². The van der Waals surface area contributed by atoms with E-state index in [1.54, 1.807) is 41.3 Å². The van der Waals surface area contributed by atoms with Crippen molar-refractivity contribution in [2.45, 2.75) is 11.8 Å². The van der Waals surface area contributed by atoms with E-state index >= 15 is 0 Å². The molecule has 2 amide bonds. The summed E-state index contributed by atoms with van der Waals surface area (Å²) in [5.41, 5.74) is 4.09. The maximum Gasteiger partial charge on any atom is 0.264 e. The minimum absolute atomic E-state index is 0.0188. The van der Waals surface area contributed by atoms with E-state index in [9.17, 15) is 18.0 Å². The fourth-order valence-corrected chi connectivity index (χ4v) is 5.67. The number of hydrazone groups is 1. The van der Waals surface area contributed by atoms with Crippen molar-refractivity contribution < 1.29 is 32.2 Å². The van der Waals surface area contributed by atoms with Crippen LogP contribution in [0.25, 0.3) is 0 Å². The number of carbonyl (C=O) groups excluding carboxylic acids is 2. The number of hydrogen-bond donors (Lipinski definition) is 1. The first-order valence-electron chi connectivity index (χ1n) is 13.0. The number of aryl methyl sites for hydroxylation is 1. The number of benzene rings is 3. The van der Waals surface area contributed by atoms with Gasteiger partial charge in [0.1, 0.15) is 18.0 Å². The molecule has 222 valence electrons. The van der Waals surface area contributed by atoms with E-state index in [1.807, 2.05) is 6.92 Å². The van der Waals surface area contributed by atoms with Gasteiger partial charge in [0.05, 0.1) is 42.1 Å². The first-order valence-corrected chi connectivity index (χ1v) is 14.8. The van der Waals surface area contributed by atoms with Crippen molar-refractivity contribution in [3.05, 3.63) is 82.9 Å². The Hall–Kier alpha value is -4.13. The van der Waals surface area contributed by atoms with Gasteiger partial charge in [0, 0.05) is 13.1 Å². The zero-order chi connectivity index (χ0) is 30.1. The van der Waals surface area contributed by atoms with Crippen LogP contribution in [0.5, 0.6) is 11.5 Å². The fourth-order valence-electron chi connectivity index (χ4n) is 4.01. The SMILES string of the molecule is COc1ccc(N(CC(=O)N/N=C\c2ccc(OCC(=O)N3CCOCC3)cc2)S(=O)(=O)c2ccc(C)cc2)cc1Cl. The summed E-state index contributed by atoms with van der Waals surface area (Å²) in [5.74, 6) is 0.0904. The number of nitrogens with zero attached hydrogens (tertiary/aromatic N) is 3. The summed E-state index contributed by atoms with van der Waals surface area (Å²) in [6, 6.07) is 17.5. The van der Waals surface area contributed by atoms with Gasteiger partial charge in [-0.15, -0.1) is 0 Å². The van der Waals surface area contributed by atoms with Crippen LogP contribution in [0.2, 0.25) is 5.02 Å². The minimum atomic E-state index is -4.13. The molecule has 0 bridgehead atoms. The second-order valence-electron chi connectivity index (χ2n) is 9.29. The van der Waals surface area contributed by atoms with Gasteiger partial charge >= 0.3 is 0 Å². The summed E-state index contributed by atoms with van der Waals surface area (Å²) in [5, 5.41) is 4.15. The van der Waals surface area contributed by atoms with Crippen LogP contribution in [0.15, 0.2) is 76.7 Å². The average molecular weight is 615 g/mol. The highest BCUT2D eigenvalue weighted by atomic mass is 35.5. The molecule has 0 saturated carbocycles. The molecular formula is C29H31ClN4O7S. The minimum Gasteiger partial charge on any atom is -0.495 e. The van der Waals surface area contributed by atoms with Gasteiger partial charge in [-0.1, -0.05) is 29.3 Å². The van der Waals surface area contributed by atoms with Crippen LogP contribution in [-0.4, -0.2) is 77.9 Å². The predicted molar refractivity (Wildman–Crippen MR) is 159 cm³/mol. The number of methoxy groups -OCH3 is 1. The Balaban J connectivity index is 1.40. The van der Waals surface area contributed by atoms with Crippen LogP contribution >= 0.6 is 11.6 Å². The Labute approximate surface area is 249 Å². The summed E-state index contributed by atoms with van der Waals surface area (Å²) >= 11 is 6.26. The van der Waals surface area contributed by atoms with Gasteiger partial charge in [0.2, 0.25) is 0 Å². The lowest BCUT2D eigenvalue weighted by Crippen LogP contribution is -2.42. The first kappa shape index (κ1) is 30.8. The van der Waals surface area contributed by atoms with E-state index in [-0.39, 0.29) is 28.1 Å². The first-order chi connectivity index (χ1) is 20.2. The van der Waals surface area contributed by atoms with Gasteiger partial charge in [-0.3, -0.25) is 13.9 Å². The highest BCUT2D eigenvalue weighted by Crippen LogP contribution is 2.32. The molecule has 0 aromatic heterocycles. The molecule has 0 unspecified atom stereocenters. The van der Waals surface area contributed by atoms with Crippen LogP contribution in [0, 0.1) is 6.92 Å². The third kappa shape index (κ3) is 7.99. The zero-order valence-corrected chi connectivity index (χ0v) is 24.7. The molecule has 4 rings (SSSR count). The maximum absolute atomic E-state index is 13.5. The van der Waals surface area contributed by atoms with E-state index in [0.717, 1.165) is 9.87 Å². The zero-order valence-electron chi connectivity index (χ0n) is 23.2. The molecular weight excluding hydrogens is 584 g/mol. The van der Waals surface area contributed by atoms with E-state index in [2.05, 4.69) is 10.5 Å². The number of halogens is 1. The lowest BCUT2D eigenvalue weighted by Gasteiger charge is -2.26. The van der Waals surface area contributed by atoms with Crippen molar-refractivity contribution >= 4 is 45.3 Å². The number of ether oxygens (including phenoxy) is 3. The number of hydrogen-bond acceptors (Lipinski definition) is 8. The molecule has 11 nitrogen and oxygen atoms in total. The summed E-state index contributed by atoms with van der Waals surface area (Å²) < 4.78 is 44.1. The smallest absolute Gasteiger partial charge is 0.264 e. The largest absolute Gasteiger partial charge is 0.495 e. The maximum atomic E-state index is 13.5. The molecule has 0 radical (unpaired) electrons. The lowest BCUT2D eigenvalue weighted by molar-refractivity contribution is -0.137. The van der Waals surface area contributed by atoms with Crippen LogP contribution in [-0.2, 0) is 24.3 Å². The molecule has 1 aliphatic rings. The number of rotatable bonds is 11. The van der Waals surface area contributed by atoms with Gasteiger partial charge < -0.3 is 19.1 Å². The summed E-state index contributed by atoms with van der Waals surface area (Å²) in [6.45, 7) is 3.35. The van der Waals surface area contributed by atoms with E-state index in [1.165, 1.54) is 43.7 Å². The Bertz CT molecular complexity index is 1520. The summed E-state index contributed by atoms with van der Waals surface area (Å²) in [7, 11) is -2.68. The number of anilines is 1. The summed E-state index contributed by atoms with van der Waals surface area (Å²) in [4.78, 5) is 26.8. The Kier molecular flexibility index (Phi) is 10.4. The highest BCUT2D eigenvalue weighted by Gasteiger charge is 2.28. The molecule has 1 aliphatic heterocycles. The Morgan fingerprint density at radius 1 is 1.07 bits per heavy atom. The second-order valence-corrected chi connectivity index (χ2v) is 11.6. The lowest BCUT2D eigenvalue weighted by atomic mass is 10.2. The molecule has 0 atom stereocenters. The second kappa shape index (κ2) is 14.2. The highest BCUT2D eigenvalue weighted by molar-refractivity contribution is 7.92.